The third-order valence-electron chi connectivity index (χ3n) is 5.59. The highest BCUT2D eigenvalue weighted by Crippen LogP contribution is 2.57. The first-order valence-electron chi connectivity index (χ1n) is 9.75. The predicted octanol–water partition coefficient (Wildman–Crippen LogP) is 5.21. The predicted molar refractivity (Wildman–Crippen MR) is 122 cm³/mol. The minimum atomic E-state index is -1.10. The van der Waals surface area contributed by atoms with Crippen LogP contribution in [-0.4, -0.2) is 17.1 Å². The fourth-order valence-corrected chi connectivity index (χ4v) is 5.90. The van der Waals surface area contributed by atoms with E-state index in [2.05, 4.69) is 0 Å². The lowest BCUT2D eigenvalue weighted by Crippen LogP contribution is -2.49. The van der Waals surface area contributed by atoms with Gasteiger partial charge in [0.2, 0.25) is 10.8 Å². The maximum absolute atomic E-state index is 14.0. The van der Waals surface area contributed by atoms with Gasteiger partial charge in [0, 0.05) is 16.3 Å². The summed E-state index contributed by atoms with van der Waals surface area (Å²) in [5.74, 6) is -0.145. The fourth-order valence-electron chi connectivity index (χ4n) is 4.24. The number of carbonyl (C=O) groups is 2. The number of carbonyl (C=O) groups excluding carboxylic acids is 2. The number of thioether (sulfide) groups is 1. The highest BCUT2D eigenvalue weighted by molar-refractivity contribution is 8.03. The van der Waals surface area contributed by atoms with Gasteiger partial charge in [-0.1, -0.05) is 60.1 Å². The molecule has 0 aliphatic carbocycles. The van der Waals surface area contributed by atoms with E-state index in [1.807, 2.05) is 85.8 Å². The molecule has 2 aliphatic rings. The molecule has 1 spiro atoms. The van der Waals surface area contributed by atoms with Crippen molar-refractivity contribution >= 4 is 46.6 Å². The topological polar surface area (TPSA) is 40.6 Å². The van der Waals surface area contributed by atoms with Crippen LogP contribution < -0.4 is 9.80 Å². The molecule has 2 aliphatic heterocycles. The summed E-state index contributed by atoms with van der Waals surface area (Å²) in [6.45, 7) is 2.29. The lowest BCUT2D eigenvalue weighted by Gasteiger charge is -2.33. The second-order valence-corrected chi connectivity index (χ2v) is 9.42. The minimum absolute atomic E-state index is 0.0531. The molecule has 150 valence electrons. The van der Waals surface area contributed by atoms with Gasteiger partial charge in [-0.3, -0.25) is 14.5 Å². The Hall–Kier alpha value is -2.76. The van der Waals surface area contributed by atoms with Crippen LogP contribution in [0.3, 0.4) is 0 Å². The quantitative estimate of drug-likeness (QED) is 0.568. The van der Waals surface area contributed by atoms with Gasteiger partial charge in [-0.05, 0) is 42.8 Å². The normalized spacial score (nSPS) is 22.8. The first kappa shape index (κ1) is 19.2. The van der Waals surface area contributed by atoms with E-state index in [0.717, 1.165) is 22.5 Å². The molecule has 2 atom stereocenters. The van der Waals surface area contributed by atoms with Crippen LogP contribution in [0, 0.1) is 0 Å². The number of rotatable bonds is 3. The van der Waals surface area contributed by atoms with E-state index < -0.39 is 4.87 Å². The highest BCUT2D eigenvalue weighted by Gasteiger charge is 2.63. The number of hydrogen-bond donors (Lipinski definition) is 0. The van der Waals surface area contributed by atoms with E-state index in [1.165, 1.54) is 11.8 Å². The van der Waals surface area contributed by atoms with Crippen LogP contribution in [0.5, 0.6) is 0 Å². The van der Waals surface area contributed by atoms with Crippen molar-refractivity contribution in [2.75, 3.05) is 9.80 Å². The van der Waals surface area contributed by atoms with Crippen molar-refractivity contribution in [2.24, 2.45) is 0 Å². The summed E-state index contributed by atoms with van der Waals surface area (Å²) in [6, 6.07) is 24.7. The Morgan fingerprint density at radius 2 is 1.60 bits per heavy atom. The molecule has 1 fully saturated rings. The van der Waals surface area contributed by atoms with Crippen LogP contribution in [0.2, 0.25) is 5.02 Å². The molecule has 3 aromatic carbocycles. The smallest absolute Gasteiger partial charge is 0.269 e. The van der Waals surface area contributed by atoms with Crippen molar-refractivity contribution in [2.45, 2.75) is 23.6 Å². The Bertz CT molecular complexity index is 1140. The highest BCUT2D eigenvalue weighted by atomic mass is 35.5. The Kier molecular flexibility index (Phi) is 4.60. The van der Waals surface area contributed by atoms with Crippen LogP contribution in [-0.2, 0) is 21.0 Å². The molecule has 0 saturated carbocycles. The van der Waals surface area contributed by atoms with E-state index in [-0.39, 0.29) is 17.1 Å². The monoisotopic (exact) mass is 434 g/mol. The zero-order valence-corrected chi connectivity index (χ0v) is 17.9. The van der Waals surface area contributed by atoms with E-state index >= 15 is 0 Å². The molecular weight excluding hydrogens is 416 g/mol. The summed E-state index contributed by atoms with van der Waals surface area (Å²) in [5, 5.41) is 0.335. The van der Waals surface area contributed by atoms with Gasteiger partial charge in [0.15, 0.2) is 0 Å². The number of hydrogen-bond acceptors (Lipinski definition) is 3. The average Bonchev–Trinajstić information content (AvgIpc) is 3.16. The number of anilines is 2. The number of para-hydroxylation sites is 2. The number of halogens is 1. The van der Waals surface area contributed by atoms with Crippen LogP contribution in [0.25, 0.3) is 0 Å². The van der Waals surface area contributed by atoms with Crippen LogP contribution in [0.4, 0.5) is 11.4 Å². The maximum Gasteiger partial charge on any atom is 0.269 e. The molecule has 2 amide bonds. The lowest BCUT2D eigenvalue weighted by atomic mass is 10.0. The van der Waals surface area contributed by atoms with Crippen molar-refractivity contribution in [3.05, 3.63) is 95.0 Å². The first-order valence-corrected chi connectivity index (χ1v) is 11.0. The van der Waals surface area contributed by atoms with Gasteiger partial charge in [0.25, 0.3) is 5.91 Å². The Labute approximate surface area is 184 Å². The zero-order chi connectivity index (χ0) is 20.9. The third kappa shape index (κ3) is 2.76. The van der Waals surface area contributed by atoms with Crippen molar-refractivity contribution in [3.8, 4) is 0 Å². The molecule has 3 aromatic rings. The van der Waals surface area contributed by atoms with E-state index in [4.69, 9.17) is 11.6 Å². The number of amides is 2. The molecule has 6 heteroatoms. The van der Waals surface area contributed by atoms with Gasteiger partial charge in [0.1, 0.15) is 0 Å². The summed E-state index contributed by atoms with van der Waals surface area (Å²) in [4.78, 5) is 29.6. The van der Waals surface area contributed by atoms with E-state index in [1.54, 1.807) is 9.80 Å². The molecule has 2 heterocycles. The van der Waals surface area contributed by atoms with Gasteiger partial charge in [-0.25, -0.2) is 0 Å². The second-order valence-electron chi connectivity index (χ2n) is 7.45. The fraction of sp³-hybridized carbons (Fsp3) is 0.167. The molecule has 0 N–H and O–H groups in total. The van der Waals surface area contributed by atoms with Gasteiger partial charge in [-0.2, -0.15) is 0 Å². The Balaban J connectivity index is 1.65. The summed E-state index contributed by atoms with van der Waals surface area (Å²) in [6.07, 6.45) is 0. The minimum Gasteiger partial charge on any atom is -0.304 e. The molecule has 30 heavy (non-hydrogen) atoms. The molecular formula is C24H19ClN2O2S. The number of benzene rings is 3. The number of fused-ring (bicyclic) bond motifs is 2. The Morgan fingerprint density at radius 1 is 0.933 bits per heavy atom. The molecule has 5 rings (SSSR count). The van der Waals surface area contributed by atoms with Crippen molar-refractivity contribution in [1.29, 1.82) is 0 Å². The lowest BCUT2D eigenvalue weighted by molar-refractivity contribution is -0.124. The molecule has 0 radical (unpaired) electrons. The van der Waals surface area contributed by atoms with Crippen LogP contribution >= 0.6 is 23.4 Å². The standard InChI is InChI=1S/C24H19ClN2O2S/c1-16-22(28)27(19-7-3-2-4-8-19)24(30-16)20-9-5-6-10-21(20)26(23(24)29)15-17-11-13-18(25)14-12-17/h2-14,16H,15H2,1H3/t16-,24+/m1/s1. The first-order chi connectivity index (χ1) is 14.5. The third-order valence-corrected chi connectivity index (χ3v) is 7.32. The number of nitrogens with zero attached hydrogens (tertiary/aromatic N) is 2. The van der Waals surface area contributed by atoms with E-state index in [0.29, 0.717) is 11.6 Å². The van der Waals surface area contributed by atoms with Crippen molar-refractivity contribution in [1.82, 2.24) is 0 Å². The second kappa shape index (κ2) is 7.18. The molecule has 1 saturated heterocycles. The molecule has 0 bridgehead atoms. The average molecular weight is 435 g/mol. The maximum atomic E-state index is 14.0. The summed E-state index contributed by atoms with van der Waals surface area (Å²) < 4.78 is 0. The van der Waals surface area contributed by atoms with Gasteiger partial charge in [-0.15, -0.1) is 11.8 Å². The van der Waals surface area contributed by atoms with Crippen LogP contribution in [0.1, 0.15) is 18.1 Å². The van der Waals surface area contributed by atoms with Crippen molar-refractivity contribution < 1.29 is 9.59 Å². The molecule has 0 aromatic heterocycles. The van der Waals surface area contributed by atoms with Gasteiger partial charge < -0.3 is 4.90 Å². The largest absolute Gasteiger partial charge is 0.304 e. The SMILES string of the molecule is C[C@H]1S[C@@]2(C(=O)N(Cc3ccc(Cl)cc3)c3ccccc32)N(c2ccccc2)C1=O. The summed E-state index contributed by atoms with van der Waals surface area (Å²) in [7, 11) is 0. The molecule has 0 unspecified atom stereocenters. The zero-order valence-electron chi connectivity index (χ0n) is 16.3. The summed E-state index contributed by atoms with van der Waals surface area (Å²) >= 11 is 7.45. The Morgan fingerprint density at radius 3 is 2.33 bits per heavy atom. The summed E-state index contributed by atoms with van der Waals surface area (Å²) in [5.41, 5.74) is 3.41. The van der Waals surface area contributed by atoms with Gasteiger partial charge >= 0.3 is 0 Å². The van der Waals surface area contributed by atoms with Crippen LogP contribution in [0.15, 0.2) is 78.9 Å². The molecule has 4 nitrogen and oxygen atoms in total. The van der Waals surface area contributed by atoms with Crippen molar-refractivity contribution in [3.63, 3.8) is 0 Å². The van der Waals surface area contributed by atoms with Gasteiger partial charge in [0.05, 0.1) is 17.5 Å². The van der Waals surface area contributed by atoms with E-state index in [9.17, 15) is 9.59 Å².